The van der Waals surface area contributed by atoms with Crippen LogP contribution in [0.2, 0.25) is 0 Å². The van der Waals surface area contributed by atoms with Crippen LogP contribution in [0, 0.1) is 0 Å². The van der Waals surface area contributed by atoms with Crippen LogP contribution in [-0.2, 0) is 0 Å². The predicted molar refractivity (Wildman–Crippen MR) is 334 cm³/mol. The summed E-state index contributed by atoms with van der Waals surface area (Å²) in [6.07, 6.45) is 0. The fraction of sp³-hybridized carbons (Fsp3) is 0. The minimum atomic E-state index is 0.865. The molecule has 0 aliphatic carbocycles. The van der Waals surface area contributed by atoms with Gasteiger partial charge in [-0.1, -0.05) is 218 Å². The van der Waals surface area contributed by atoms with E-state index in [9.17, 15) is 0 Å². The molecule has 0 N–H and O–H groups in total. The average Bonchev–Trinajstić information content (AvgIpc) is 4.36. The fourth-order valence-corrected chi connectivity index (χ4v) is 13.8. The zero-order chi connectivity index (χ0) is 51.7. The molecule has 0 fully saturated rings. The van der Waals surface area contributed by atoms with Gasteiger partial charge in [0.25, 0.3) is 0 Å². The molecule has 3 aromatic heterocycles. The Bertz CT molecular complexity index is 5250. The lowest BCUT2D eigenvalue weighted by atomic mass is 9.84. The monoisotopic (exact) mass is 1000 g/mol. The van der Waals surface area contributed by atoms with E-state index in [1.54, 1.807) is 0 Å². The molecule has 0 aliphatic heterocycles. The third kappa shape index (κ3) is 6.30. The lowest BCUT2D eigenvalue weighted by Gasteiger charge is -2.18. The molecule has 0 aliphatic rings. The van der Waals surface area contributed by atoms with E-state index in [4.69, 9.17) is 4.42 Å². The van der Waals surface area contributed by atoms with Crippen LogP contribution >= 0.6 is 0 Å². The first-order valence-electron chi connectivity index (χ1n) is 27.3. The van der Waals surface area contributed by atoms with Crippen molar-refractivity contribution in [2.75, 3.05) is 0 Å². The molecule has 3 heteroatoms. The van der Waals surface area contributed by atoms with E-state index in [2.05, 4.69) is 288 Å². The highest BCUT2D eigenvalue weighted by Crippen LogP contribution is 2.51. The smallest absolute Gasteiger partial charge is 0.143 e. The lowest BCUT2D eigenvalue weighted by Crippen LogP contribution is -1.94. The summed E-state index contributed by atoms with van der Waals surface area (Å²) in [5.74, 6) is 0. The van der Waals surface area contributed by atoms with Gasteiger partial charge in [0.05, 0.1) is 22.1 Å². The number of rotatable bonds is 6. The van der Waals surface area contributed by atoms with Crippen molar-refractivity contribution < 1.29 is 4.42 Å². The molecule has 0 amide bonds. The Kier molecular flexibility index (Phi) is 9.42. The second-order valence-corrected chi connectivity index (χ2v) is 21.0. The van der Waals surface area contributed by atoms with Crippen molar-refractivity contribution in [2.24, 2.45) is 0 Å². The van der Waals surface area contributed by atoms with Gasteiger partial charge in [-0.05, 0) is 137 Å². The standard InChI is InChI=1S/C76H46N2O/c1-3-22-48(23-4-1)77-65-40-17-15-34-59(65)74-61(37-20-42-67(74)77)71-52-28-9-7-26-50(52)70(51-27-8-10-29-53(51)71)47-44-45-69-64(46-47)58-36-19-39-63(76(58)79-69)73-56-32-13-11-30-54(56)72(55-31-12-14-33-57(55)73)62-38-21-43-68-75(62)60-35-16-18-41-66(60)78(68)49-24-5-2-6-25-49/h1-46H. The number of nitrogens with zero attached hydrogens (tertiary/aromatic N) is 2. The summed E-state index contributed by atoms with van der Waals surface area (Å²) in [5.41, 5.74) is 18.4. The van der Waals surface area contributed by atoms with Crippen LogP contribution in [0.4, 0.5) is 0 Å². The number of hydrogen-bond acceptors (Lipinski definition) is 1. The number of hydrogen-bond donors (Lipinski definition) is 0. The molecule has 17 aromatic rings. The SMILES string of the molecule is c1ccc(-n2c3ccccc3c3c(-c4c5ccccc5c(-c5ccc6oc7c(-c8c9ccccc9c(-c9cccc%10c9c9ccccc9n%10-c9ccccc9)c9ccccc89)cccc7c6c5)c5ccccc45)cccc32)cc1. The molecular weight excluding hydrogens is 957 g/mol. The second-order valence-electron chi connectivity index (χ2n) is 21.0. The number of para-hydroxylation sites is 5. The summed E-state index contributed by atoms with van der Waals surface area (Å²) in [6.45, 7) is 0. The Morgan fingerprint density at radius 2 is 0.570 bits per heavy atom. The first-order chi connectivity index (χ1) is 39.3. The van der Waals surface area contributed by atoms with Crippen molar-refractivity contribution in [3.8, 4) is 55.9 Å². The average molecular weight is 1000 g/mol. The summed E-state index contributed by atoms with van der Waals surface area (Å²) in [4.78, 5) is 0. The number of benzene rings is 14. The van der Waals surface area contributed by atoms with Gasteiger partial charge in [-0.3, -0.25) is 0 Å². The number of aromatic nitrogens is 2. The molecule has 0 unspecified atom stereocenters. The Hall–Kier alpha value is -10.5. The van der Waals surface area contributed by atoms with E-state index in [0.717, 1.165) is 44.4 Å². The third-order valence-electron chi connectivity index (χ3n) is 16.9. The van der Waals surface area contributed by atoms with Gasteiger partial charge in [-0.25, -0.2) is 0 Å². The maximum Gasteiger partial charge on any atom is 0.143 e. The normalized spacial score (nSPS) is 12.1. The highest BCUT2D eigenvalue weighted by atomic mass is 16.3. The van der Waals surface area contributed by atoms with Gasteiger partial charge < -0.3 is 13.6 Å². The molecule has 14 aromatic carbocycles. The highest BCUT2D eigenvalue weighted by molar-refractivity contribution is 6.30. The summed E-state index contributed by atoms with van der Waals surface area (Å²) >= 11 is 0. The summed E-state index contributed by atoms with van der Waals surface area (Å²) in [6, 6.07) is 102. The molecular formula is C76H46N2O. The van der Waals surface area contributed by atoms with E-state index in [-0.39, 0.29) is 0 Å². The van der Waals surface area contributed by atoms with Crippen molar-refractivity contribution in [1.29, 1.82) is 0 Å². The maximum atomic E-state index is 7.15. The van der Waals surface area contributed by atoms with E-state index in [0.29, 0.717) is 0 Å². The first-order valence-corrected chi connectivity index (χ1v) is 27.3. The molecule has 79 heavy (non-hydrogen) atoms. The molecule has 0 spiro atoms. The molecule has 0 radical (unpaired) electrons. The molecule has 3 nitrogen and oxygen atoms in total. The lowest BCUT2D eigenvalue weighted by molar-refractivity contribution is 0.670. The van der Waals surface area contributed by atoms with Crippen LogP contribution in [-0.4, -0.2) is 9.13 Å². The minimum absolute atomic E-state index is 0.865. The Labute approximate surface area is 454 Å². The number of fused-ring (bicyclic) bond motifs is 13. The molecule has 0 saturated carbocycles. The van der Waals surface area contributed by atoms with Crippen LogP contribution in [0.1, 0.15) is 0 Å². The van der Waals surface area contributed by atoms with Crippen molar-refractivity contribution in [3.63, 3.8) is 0 Å². The Morgan fingerprint density at radius 1 is 0.228 bits per heavy atom. The van der Waals surface area contributed by atoms with Crippen LogP contribution < -0.4 is 0 Å². The zero-order valence-electron chi connectivity index (χ0n) is 42.9. The van der Waals surface area contributed by atoms with Crippen LogP contribution in [0.3, 0.4) is 0 Å². The van der Waals surface area contributed by atoms with Gasteiger partial charge in [0, 0.05) is 54.8 Å². The largest absolute Gasteiger partial charge is 0.455 e. The predicted octanol–water partition coefficient (Wildman–Crippen LogP) is 21.1. The summed E-state index contributed by atoms with van der Waals surface area (Å²) in [5, 5.41) is 16.8. The molecule has 3 heterocycles. The fourth-order valence-electron chi connectivity index (χ4n) is 13.8. The van der Waals surface area contributed by atoms with E-state index < -0.39 is 0 Å². The molecule has 0 atom stereocenters. The van der Waals surface area contributed by atoms with Gasteiger partial charge in [-0.2, -0.15) is 0 Å². The van der Waals surface area contributed by atoms with Crippen LogP contribution in [0.15, 0.2) is 283 Å². The minimum Gasteiger partial charge on any atom is -0.455 e. The highest BCUT2D eigenvalue weighted by Gasteiger charge is 2.25. The Balaban J connectivity index is 0.873. The van der Waals surface area contributed by atoms with E-state index in [1.165, 1.54) is 120 Å². The molecule has 0 bridgehead atoms. The first kappa shape index (κ1) is 43.7. The quantitative estimate of drug-likeness (QED) is 0.152. The van der Waals surface area contributed by atoms with Gasteiger partial charge in [0.2, 0.25) is 0 Å². The maximum absolute atomic E-state index is 7.15. The topological polar surface area (TPSA) is 23.0 Å². The van der Waals surface area contributed by atoms with E-state index in [1.807, 2.05) is 0 Å². The summed E-state index contributed by atoms with van der Waals surface area (Å²) < 4.78 is 12.0. The van der Waals surface area contributed by atoms with Crippen LogP contribution in [0.5, 0.6) is 0 Å². The third-order valence-corrected chi connectivity index (χ3v) is 16.9. The summed E-state index contributed by atoms with van der Waals surface area (Å²) in [7, 11) is 0. The zero-order valence-corrected chi connectivity index (χ0v) is 42.9. The molecule has 366 valence electrons. The van der Waals surface area contributed by atoms with Crippen LogP contribution in [0.25, 0.3) is 165 Å². The molecule has 0 saturated heterocycles. The molecule has 17 rings (SSSR count). The van der Waals surface area contributed by atoms with E-state index >= 15 is 0 Å². The van der Waals surface area contributed by atoms with Gasteiger partial charge in [0.1, 0.15) is 11.2 Å². The van der Waals surface area contributed by atoms with Gasteiger partial charge in [-0.15, -0.1) is 0 Å². The van der Waals surface area contributed by atoms with Crippen molar-refractivity contribution in [3.05, 3.63) is 279 Å². The second kappa shape index (κ2) is 17.0. The van der Waals surface area contributed by atoms with Crippen molar-refractivity contribution >= 4 is 109 Å². The van der Waals surface area contributed by atoms with Gasteiger partial charge >= 0.3 is 0 Å². The van der Waals surface area contributed by atoms with Crippen molar-refractivity contribution in [2.45, 2.75) is 0 Å². The Morgan fingerprint density at radius 3 is 1.03 bits per heavy atom. The van der Waals surface area contributed by atoms with Gasteiger partial charge in [0.15, 0.2) is 0 Å². The van der Waals surface area contributed by atoms with Crippen molar-refractivity contribution in [1.82, 2.24) is 9.13 Å². The number of furan rings is 1.